The lowest BCUT2D eigenvalue weighted by atomic mass is 9.71. The van der Waals surface area contributed by atoms with Crippen LogP contribution in [0.2, 0.25) is 0 Å². The van der Waals surface area contributed by atoms with Gasteiger partial charge in [-0.05, 0) is 60.3 Å². The minimum absolute atomic E-state index is 0.0171. The number of hydrogen-bond donors (Lipinski definition) is 4. The molecule has 340 valence electrons. The van der Waals surface area contributed by atoms with Crippen molar-refractivity contribution in [3.63, 3.8) is 0 Å². The van der Waals surface area contributed by atoms with E-state index in [1.807, 2.05) is 34.6 Å². The third-order valence-corrected chi connectivity index (χ3v) is 11.5. The maximum Gasteiger partial charge on any atom is 0.304 e. The lowest BCUT2D eigenvalue weighted by Gasteiger charge is -2.31. The van der Waals surface area contributed by atoms with E-state index < -0.39 is 132 Å². The van der Waals surface area contributed by atoms with Crippen LogP contribution in [0.4, 0.5) is 0 Å². The molecule has 0 heterocycles. The zero-order chi connectivity index (χ0) is 46.9. The van der Waals surface area contributed by atoms with Crippen molar-refractivity contribution in [3.8, 4) is 5.75 Å². The van der Waals surface area contributed by atoms with Crippen molar-refractivity contribution in [2.24, 2.45) is 52.8 Å². The van der Waals surface area contributed by atoms with Crippen LogP contribution in [0.3, 0.4) is 0 Å². The monoisotopic (exact) mass is 862 g/mol. The van der Waals surface area contributed by atoms with Gasteiger partial charge < -0.3 is 20.4 Å². The molecule has 0 aliphatic carbocycles. The first-order valence-corrected chi connectivity index (χ1v) is 21.5. The van der Waals surface area contributed by atoms with Gasteiger partial charge in [0.05, 0.1) is 12.8 Å². The Bertz CT molecular complexity index is 1870. The molecule has 2 aromatic carbocycles. The van der Waals surface area contributed by atoms with Crippen LogP contribution in [0.15, 0.2) is 54.6 Å². The topological polar surface area (TPSA) is 235 Å². The van der Waals surface area contributed by atoms with Gasteiger partial charge in [0, 0.05) is 80.0 Å². The zero-order valence-electron chi connectivity index (χ0n) is 37.3. The standard InChI is InChI=1S/C49H66O13/c1-29(2)19-33(15-18-45(56)57)40(51)24-36(26-46(58)59)43(54)23-34(20-31-11-9-8-10-12-31)41(52)22-35(21-32-13-16-38(50)17-14-32)42(53)25-37(27-47(60)61)44(55)28-39(49(5,6)7)48(62)30(3)4/h8-14,16-17,29-30,33-37,39,50H,15,18-28H2,1-7H3,(H,56,57)(H,58,59)(H,60,61)/t33-,34-,35-,36+,37+,39-/m0/s1. The summed E-state index contributed by atoms with van der Waals surface area (Å²) < 4.78 is 0. The second-order valence-electron chi connectivity index (χ2n) is 18.6. The van der Waals surface area contributed by atoms with Gasteiger partial charge in [-0.15, -0.1) is 0 Å². The summed E-state index contributed by atoms with van der Waals surface area (Å²) in [4.78, 5) is 119. The number of ketones is 6. The molecule has 2 aromatic rings. The summed E-state index contributed by atoms with van der Waals surface area (Å²) >= 11 is 0. The van der Waals surface area contributed by atoms with Gasteiger partial charge in [-0.1, -0.05) is 90.9 Å². The summed E-state index contributed by atoms with van der Waals surface area (Å²) in [7, 11) is 0. The molecular formula is C49H66O13. The summed E-state index contributed by atoms with van der Waals surface area (Å²) in [6.45, 7) is 12.6. The summed E-state index contributed by atoms with van der Waals surface area (Å²) in [6, 6.07) is 14.7. The maximum atomic E-state index is 14.5. The van der Waals surface area contributed by atoms with Crippen LogP contribution in [0.25, 0.3) is 0 Å². The molecule has 0 saturated heterocycles. The Morgan fingerprint density at radius 1 is 0.500 bits per heavy atom. The molecule has 0 saturated carbocycles. The van der Waals surface area contributed by atoms with Gasteiger partial charge >= 0.3 is 17.9 Å². The number of Topliss-reactive ketones (excluding diaryl/α,β-unsaturated/α-hetero) is 6. The molecule has 0 bridgehead atoms. The number of carbonyl (C=O) groups excluding carboxylic acids is 6. The van der Waals surface area contributed by atoms with Crippen LogP contribution in [-0.4, -0.2) is 73.0 Å². The molecule has 4 N–H and O–H groups in total. The number of carbonyl (C=O) groups is 9. The van der Waals surface area contributed by atoms with Crippen molar-refractivity contribution in [2.75, 3.05) is 0 Å². The van der Waals surface area contributed by atoms with Gasteiger partial charge in [0.2, 0.25) is 0 Å². The van der Waals surface area contributed by atoms with E-state index in [1.165, 1.54) is 12.1 Å². The Balaban J connectivity index is 2.54. The molecular weight excluding hydrogens is 797 g/mol. The molecule has 0 aliphatic heterocycles. The van der Waals surface area contributed by atoms with E-state index in [1.54, 1.807) is 56.3 Å². The molecule has 0 aliphatic rings. The van der Waals surface area contributed by atoms with Gasteiger partial charge in [0.15, 0.2) is 0 Å². The number of hydrogen-bond acceptors (Lipinski definition) is 10. The lowest BCUT2D eigenvalue weighted by molar-refractivity contribution is -0.143. The molecule has 0 amide bonds. The minimum Gasteiger partial charge on any atom is -0.508 e. The van der Waals surface area contributed by atoms with Crippen LogP contribution in [0.5, 0.6) is 5.75 Å². The number of phenols is 1. The number of carboxylic acid groups (broad SMARTS) is 3. The summed E-state index contributed by atoms with van der Waals surface area (Å²) in [6.07, 6.45) is -3.42. The van der Waals surface area contributed by atoms with Crippen LogP contribution in [0.1, 0.15) is 124 Å². The average Bonchev–Trinajstić information content (AvgIpc) is 3.17. The molecule has 62 heavy (non-hydrogen) atoms. The van der Waals surface area contributed by atoms with Gasteiger partial charge in [-0.3, -0.25) is 43.2 Å². The van der Waals surface area contributed by atoms with Crippen molar-refractivity contribution < 1.29 is 63.6 Å². The molecule has 0 fully saturated rings. The Labute approximate surface area is 365 Å². The van der Waals surface area contributed by atoms with Crippen LogP contribution >= 0.6 is 0 Å². The van der Waals surface area contributed by atoms with Crippen molar-refractivity contribution in [1.82, 2.24) is 0 Å². The number of rotatable bonds is 30. The number of benzene rings is 2. The smallest absolute Gasteiger partial charge is 0.304 e. The third-order valence-electron chi connectivity index (χ3n) is 11.5. The molecule has 13 heteroatoms. The van der Waals surface area contributed by atoms with Crippen LogP contribution in [-0.2, 0) is 56.0 Å². The molecule has 0 unspecified atom stereocenters. The van der Waals surface area contributed by atoms with Crippen molar-refractivity contribution in [3.05, 3.63) is 65.7 Å². The Hall–Kier alpha value is -5.33. The van der Waals surface area contributed by atoms with E-state index >= 15 is 0 Å². The molecule has 6 atom stereocenters. The second-order valence-corrected chi connectivity index (χ2v) is 18.6. The first kappa shape index (κ1) is 52.8. The molecule has 0 aromatic heterocycles. The van der Waals surface area contributed by atoms with E-state index in [2.05, 4.69) is 0 Å². The molecule has 2 rings (SSSR count). The second kappa shape index (κ2) is 24.9. The Kier molecular flexibility index (Phi) is 21.2. The SMILES string of the molecule is CC(C)C[C@H](CCC(=O)O)C(=O)C[C@H](CC(=O)O)C(=O)C[C@H](Cc1ccccc1)C(=O)C[C@H](Cc1ccc(O)cc1)C(=O)C[C@H](CC(=O)O)C(=O)C[C@@H](C(=O)C(C)C)C(C)(C)C. The van der Waals surface area contributed by atoms with Gasteiger partial charge in [0.25, 0.3) is 0 Å². The molecule has 13 nitrogen and oxygen atoms in total. The van der Waals surface area contributed by atoms with E-state index in [0.717, 1.165) is 0 Å². The van der Waals surface area contributed by atoms with Gasteiger partial charge in [0.1, 0.15) is 40.4 Å². The predicted octanol–water partition coefficient (Wildman–Crippen LogP) is 7.80. The van der Waals surface area contributed by atoms with Gasteiger partial charge in [-0.25, -0.2) is 0 Å². The highest BCUT2D eigenvalue weighted by molar-refractivity contribution is 5.97. The fraction of sp³-hybridized carbons (Fsp3) is 0.571. The van der Waals surface area contributed by atoms with E-state index in [-0.39, 0.29) is 49.6 Å². The largest absolute Gasteiger partial charge is 0.508 e. The quantitative estimate of drug-likeness (QED) is 0.0588. The molecule has 0 spiro atoms. The fourth-order valence-electron chi connectivity index (χ4n) is 7.95. The van der Waals surface area contributed by atoms with Crippen LogP contribution < -0.4 is 0 Å². The van der Waals surface area contributed by atoms with E-state index in [0.29, 0.717) is 17.5 Å². The third kappa shape index (κ3) is 18.7. The molecule has 0 radical (unpaired) electrons. The maximum absolute atomic E-state index is 14.5. The minimum atomic E-state index is -1.33. The lowest BCUT2D eigenvalue weighted by Crippen LogP contribution is -2.36. The number of aliphatic carboxylic acids is 3. The fourth-order valence-corrected chi connectivity index (χ4v) is 7.95. The van der Waals surface area contributed by atoms with E-state index in [4.69, 9.17) is 0 Å². The Morgan fingerprint density at radius 3 is 1.31 bits per heavy atom. The number of carboxylic acids is 3. The normalized spacial score (nSPS) is 14.6. The van der Waals surface area contributed by atoms with Crippen LogP contribution in [0, 0.1) is 52.8 Å². The highest BCUT2D eigenvalue weighted by atomic mass is 16.4. The first-order chi connectivity index (χ1) is 28.9. The Morgan fingerprint density at radius 2 is 0.903 bits per heavy atom. The number of phenolic OH excluding ortho intramolecular Hbond substituents is 1. The van der Waals surface area contributed by atoms with Crippen molar-refractivity contribution in [2.45, 2.75) is 126 Å². The van der Waals surface area contributed by atoms with Gasteiger partial charge in [-0.2, -0.15) is 0 Å². The summed E-state index contributed by atoms with van der Waals surface area (Å²) in [5.74, 6) is -13.3. The van der Waals surface area contributed by atoms with Crippen molar-refractivity contribution >= 4 is 52.6 Å². The first-order valence-electron chi connectivity index (χ1n) is 21.5. The average molecular weight is 863 g/mol. The highest BCUT2D eigenvalue weighted by Gasteiger charge is 2.39. The number of aromatic hydroxyl groups is 1. The zero-order valence-corrected chi connectivity index (χ0v) is 37.3. The highest BCUT2D eigenvalue weighted by Crippen LogP contribution is 2.34. The van der Waals surface area contributed by atoms with E-state index in [9.17, 15) is 63.6 Å². The van der Waals surface area contributed by atoms with Crippen molar-refractivity contribution in [1.29, 1.82) is 0 Å². The summed E-state index contributed by atoms with van der Waals surface area (Å²) in [5, 5.41) is 38.8. The predicted molar refractivity (Wildman–Crippen MR) is 231 cm³/mol. The summed E-state index contributed by atoms with van der Waals surface area (Å²) in [5.41, 5.74) is 0.591.